The molecule has 3 amide bonds. The number of hydrogen-bond acceptors (Lipinski definition) is 3. The summed E-state index contributed by atoms with van der Waals surface area (Å²) in [7, 11) is 0. The van der Waals surface area contributed by atoms with Crippen LogP contribution in [0.1, 0.15) is 39.0 Å². The van der Waals surface area contributed by atoms with Crippen molar-refractivity contribution in [1.82, 2.24) is 15.5 Å². The van der Waals surface area contributed by atoms with E-state index in [4.69, 9.17) is 5.11 Å². The molecule has 0 radical (unpaired) electrons. The van der Waals surface area contributed by atoms with E-state index in [0.717, 1.165) is 30.6 Å². The van der Waals surface area contributed by atoms with Crippen molar-refractivity contribution in [1.29, 1.82) is 0 Å². The van der Waals surface area contributed by atoms with Crippen molar-refractivity contribution in [3.05, 3.63) is 0 Å². The van der Waals surface area contributed by atoms with Crippen LogP contribution in [0.5, 0.6) is 0 Å². The number of hydrogen-bond donors (Lipinski definition) is 3. The minimum atomic E-state index is -1.10. The van der Waals surface area contributed by atoms with E-state index < -0.39 is 18.0 Å². The number of aliphatic carboxylic acids is 1. The van der Waals surface area contributed by atoms with Crippen LogP contribution in [0.25, 0.3) is 0 Å². The van der Waals surface area contributed by atoms with Crippen LogP contribution in [-0.4, -0.2) is 53.1 Å². The van der Waals surface area contributed by atoms with Crippen LogP contribution in [0, 0.1) is 5.92 Å². The Balaban J connectivity index is 1.96. The summed E-state index contributed by atoms with van der Waals surface area (Å²) in [5.74, 6) is -0.804. The van der Waals surface area contributed by atoms with Gasteiger partial charge in [0.25, 0.3) is 0 Å². The van der Waals surface area contributed by atoms with Crippen molar-refractivity contribution in [3.8, 4) is 0 Å². The van der Waals surface area contributed by atoms with Crippen molar-refractivity contribution < 1.29 is 19.5 Å². The Bertz CT molecular complexity index is 426. The smallest absolute Gasteiger partial charge is 0.328 e. The molecule has 118 valence electrons. The maximum absolute atomic E-state index is 12.3. The lowest BCUT2D eigenvalue weighted by molar-refractivity contribution is -0.144. The lowest BCUT2D eigenvalue weighted by atomic mass is 9.84. The molecule has 2 aliphatic rings. The van der Waals surface area contributed by atoms with Crippen LogP contribution in [0.15, 0.2) is 0 Å². The summed E-state index contributed by atoms with van der Waals surface area (Å²) < 4.78 is 0. The molecule has 7 nitrogen and oxygen atoms in total. The Hall–Kier alpha value is -1.79. The molecule has 1 heterocycles. The molecule has 1 aliphatic heterocycles. The van der Waals surface area contributed by atoms with E-state index in [2.05, 4.69) is 17.6 Å². The van der Waals surface area contributed by atoms with Crippen molar-refractivity contribution in [2.75, 3.05) is 13.1 Å². The molecule has 1 aliphatic carbocycles. The van der Waals surface area contributed by atoms with Gasteiger partial charge >= 0.3 is 12.0 Å². The number of nitrogens with one attached hydrogen (secondary N) is 2. The summed E-state index contributed by atoms with van der Waals surface area (Å²) in [6, 6.07) is -1.36. The summed E-state index contributed by atoms with van der Waals surface area (Å²) >= 11 is 0. The van der Waals surface area contributed by atoms with E-state index in [1.165, 1.54) is 6.42 Å². The second-order valence-corrected chi connectivity index (χ2v) is 5.87. The Morgan fingerprint density at radius 3 is 2.86 bits per heavy atom. The zero-order chi connectivity index (χ0) is 15.4. The first kappa shape index (κ1) is 15.6. The molecule has 3 unspecified atom stereocenters. The van der Waals surface area contributed by atoms with Crippen molar-refractivity contribution >= 4 is 17.9 Å². The molecule has 0 spiro atoms. The molecule has 7 heteroatoms. The van der Waals surface area contributed by atoms with Crippen LogP contribution < -0.4 is 10.6 Å². The van der Waals surface area contributed by atoms with Crippen LogP contribution in [-0.2, 0) is 9.59 Å². The van der Waals surface area contributed by atoms with Gasteiger partial charge in [-0.2, -0.15) is 0 Å². The Labute approximate surface area is 124 Å². The minimum absolute atomic E-state index is 0.0379. The van der Waals surface area contributed by atoms with E-state index in [9.17, 15) is 14.4 Å². The van der Waals surface area contributed by atoms with Gasteiger partial charge in [-0.1, -0.05) is 26.2 Å². The highest BCUT2D eigenvalue weighted by atomic mass is 16.4. The SMILES string of the molecule is CCC1CCCC(NC(=O)N2CC(=O)NCC2C(=O)O)C1. The lowest BCUT2D eigenvalue weighted by Gasteiger charge is -2.35. The number of carboxylic acid groups (broad SMARTS) is 1. The first-order valence-corrected chi connectivity index (χ1v) is 7.58. The van der Waals surface area contributed by atoms with E-state index in [1.54, 1.807) is 0 Å². The van der Waals surface area contributed by atoms with Gasteiger partial charge in [0.1, 0.15) is 12.6 Å². The molecule has 1 saturated heterocycles. The van der Waals surface area contributed by atoms with Gasteiger partial charge in [0, 0.05) is 12.6 Å². The molecule has 0 aromatic heterocycles. The number of piperazine rings is 1. The summed E-state index contributed by atoms with van der Waals surface area (Å²) in [4.78, 5) is 36.0. The van der Waals surface area contributed by atoms with E-state index in [-0.39, 0.29) is 25.0 Å². The number of amides is 3. The van der Waals surface area contributed by atoms with Crippen LogP contribution in [0.4, 0.5) is 4.79 Å². The zero-order valence-corrected chi connectivity index (χ0v) is 12.3. The maximum atomic E-state index is 12.3. The standard InChI is InChI=1S/C14H23N3O4/c1-2-9-4-3-5-10(6-9)16-14(21)17-8-12(18)15-7-11(17)13(19)20/h9-11H,2-8H2,1H3,(H,15,18)(H,16,21)(H,19,20). The highest BCUT2D eigenvalue weighted by Crippen LogP contribution is 2.26. The molecule has 0 bridgehead atoms. The van der Waals surface area contributed by atoms with Gasteiger partial charge in [0.15, 0.2) is 0 Å². The first-order chi connectivity index (χ1) is 10.0. The Morgan fingerprint density at radius 2 is 2.19 bits per heavy atom. The summed E-state index contributed by atoms with van der Waals surface area (Å²) in [5.41, 5.74) is 0. The third-order valence-corrected chi connectivity index (χ3v) is 4.42. The number of urea groups is 1. The van der Waals surface area contributed by atoms with Crippen LogP contribution in [0.3, 0.4) is 0 Å². The van der Waals surface area contributed by atoms with E-state index in [1.807, 2.05) is 0 Å². The fourth-order valence-electron chi connectivity index (χ4n) is 3.13. The average molecular weight is 297 g/mol. The van der Waals surface area contributed by atoms with Crippen LogP contribution in [0.2, 0.25) is 0 Å². The number of rotatable bonds is 3. The molecule has 2 fully saturated rings. The maximum Gasteiger partial charge on any atom is 0.328 e. The molecule has 21 heavy (non-hydrogen) atoms. The number of carboxylic acids is 1. The van der Waals surface area contributed by atoms with Gasteiger partial charge in [-0.3, -0.25) is 9.69 Å². The van der Waals surface area contributed by atoms with Gasteiger partial charge < -0.3 is 15.7 Å². The number of carbonyl (C=O) groups excluding carboxylic acids is 2. The summed E-state index contributed by atoms with van der Waals surface area (Å²) in [6.07, 6.45) is 5.20. The van der Waals surface area contributed by atoms with Gasteiger partial charge in [-0.15, -0.1) is 0 Å². The van der Waals surface area contributed by atoms with E-state index in [0.29, 0.717) is 5.92 Å². The predicted octanol–water partition coefficient (Wildman–Crippen LogP) is 0.550. The Morgan fingerprint density at radius 1 is 1.43 bits per heavy atom. The molecule has 0 aromatic rings. The minimum Gasteiger partial charge on any atom is -0.480 e. The average Bonchev–Trinajstić information content (AvgIpc) is 2.47. The van der Waals surface area contributed by atoms with Crippen molar-refractivity contribution in [2.45, 2.75) is 51.1 Å². The molecular weight excluding hydrogens is 274 g/mol. The highest BCUT2D eigenvalue weighted by Gasteiger charge is 2.36. The predicted molar refractivity (Wildman–Crippen MR) is 75.7 cm³/mol. The van der Waals surface area contributed by atoms with E-state index >= 15 is 0 Å². The van der Waals surface area contributed by atoms with Crippen molar-refractivity contribution in [2.24, 2.45) is 5.92 Å². The Kier molecular flexibility index (Phi) is 5.03. The summed E-state index contributed by atoms with van der Waals surface area (Å²) in [5, 5.41) is 14.5. The third kappa shape index (κ3) is 3.86. The third-order valence-electron chi connectivity index (χ3n) is 4.42. The van der Waals surface area contributed by atoms with Crippen LogP contribution >= 0.6 is 0 Å². The van der Waals surface area contributed by atoms with Gasteiger partial charge in [0.2, 0.25) is 5.91 Å². The molecule has 2 rings (SSSR count). The number of carbonyl (C=O) groups is 3. The second-order valence-electron chi connectivity index (χ2n) is 5.87. The first-order valence-electron chi connectivity index (χ1n) is 7.58. The summed E-state index contributed by atoms with van der Waals surface area (Å²) in [6.45, 7) is 1.90. The molecule has 1 saturated carbocycles. The van der Waals surface area contributed by atoms with Gasteiger partial charge in [-0.25, -0.2) is 9.59 Å². The second kappa shape index (κ2) is 6.78. The monoisotopic (exact) mass is 297 g/mol. The van der Waals surface area contributed by atoms with Crippen molar-refractivity contribution in [3.63, 3.8) is 0 Å². The quantitative estimate of drug-likeness (QED) is 0.708. The molecule has 3 N–H and O–H groups in total. The van der Waals surface area contributed by atoms with Gasteiger partial charge in [-0.05, 0) is 18.8 Å². The lowest BCUT2D eigenvalue weighted by Crippen LogP contribution is -2.62. The van der Waals surface area contributed by atoms with Gasteiger partial charge in [0.05, 0.1) is 0 Å². The topological polar surface area (TPSA) is 98.7 Å². The molecule has 0 aromatic carbocycles. The zero-order valence-electron chi connectivity index (χ0n) is 12.3. The largest absolute Gasteiger partial charge is 0.480 e. The highest BCUT2D eigenvalue weighted by molar-refractivity contribution is 5.90. The molecule has 3 atom stereocenters. The normalized spacial score (nSPS) is 29.7. The molecular formula is C14H23N3O4. The fraction of sp³-hybridized carbons (Fsp3) is 0.786. The fourth-order valence-corrected chi connectivity index (χ4v) is 3.13. The number of nitrogens with zero attached hydrogens (tertiary/aromatic N) is 1.